The van der Waals surface area contributed by atoms with Crippen LogP contribution in [0.25, 0.3) is 0 Å². The molecule has 2 aromatic heterocycles. The third-order valence-electron chi connectivity index (χ3n) is 3.42. The van der Waals surface area contributed by atoms with Crippen LogP contribution in [0.1, 0.15) is 21.8 Å². The van der Waals surface area contributed by atoms with Gasteiger partial charge in [0, 0.05) is 10.7 Å². The summed E-state index contributed by atoms with van der Waals surface area (Å²) in [4.78, 5) is 20.5. The lowest BCUT2D eigenvalue weighted by atomic mass is 10.2. The van der Waals surface area contributed by atoms with E-state index in [2.05, 4.69) is 20.6 Å². The second-order valence-corrected chi connectivity index (χ2v) is 5.49. The molecule has 0 aliphatic carbocycles. The topological polar surface area (TPSA) is 80.0 Å². The summed E-state index contributed by atoms with van der Waals surface area (Å²) < 4.78 is 5.22. The Hall–Kier alpha value is -2.86. The summed E-state index contributed by atoms with van der Waals surface area (Å²) in [6.07, 6.45) is 4.52. The molecule has 0 saturated carbocycles. The summed E-state index contributed by atoms with van der Waals surface area (Å²) in [6, 6.07) is 9.00. The fourth-order valence-electron chi connectivity index (χ4n) is 2.06. The molecule has 2 heterocycles. The Morgan fingerprint density at radius 1 is 1.21 bits per heavy atom. The normalized spacial score (nSPS) is 10.4. The first kappa shape index (κ1) is 16.0. The third kappa shape index (κ3) is 3.72. The number of nitrogens with one attached hydrogen (secondary N) is 2. The van der Waals surface area contributed by atoms with Crippen LogP contribution in [0.5, 0.6) is 0 Å². The SMILES string of the molecule is Cc1c(Cl)cccc1NC(=O)c1cnc(NCc2ccco2)cn1. The van der Waals surface area contributed by atoms with Crippen LogP contribution in [0.2, 0.25) is 5.02 Å². The van der Waals surface area contributed by atoms with Crippen LogP contribution in [0.3, 0.4) is 0 Å². The molecule has 3 rings (SSSR count). The number of benzene rings is 1. The van der Waals surface area contributed by atoms with Gasteiger partial charge in [-0.2, -0.15) is 0 Å². The van der Waals surface area contributed by atoms with Gasteiger partial charge in [-0.1, -0.05) is 17.7 Å². The predicted molar refractivity (Wildman–Crippen MR) is 92.2 cm³/mol. The smallest absolute Gasteiger partial charge is 0.275 e. The Kier molecular flexibility index (Phi) is 4.77. The van der Waals surface area contributed by atoms with Crippen LogP contribution in [-0.2, 0) is 6.54 Å². The van der Waals surface area contributed by atoms with Gasteiger partial charge in [0.1, 0.15) is 17.3 Å². The minimum absolute atomic E-state index is 0.220. The van der Waals surface area contributed by atoms with Crippen LogP contribution in [-0.4, -0.2) is 15.9 Å². The van der Waals surface area contributed by atoms with E-state index in [0.717, 1.165) is 11.3 Å². The summed E-state index contributed by atoms with van der Waals surface area (Å²) >= 11 is 6.05. The van der Waals surface area contributed by atoms with Gasteiger partial charge in [-0.15, -0.1) is 0 Å². The van der Waals surface area contributed by atoms with Crippen molar-refractivity contribution in [1.82, 2.24) is 9.97 Å². The fraction of sp³-hybridized carbons (Fsp3) is 0.118. The van der Waals surface area contributed by atoms with E-state index in [1.807, 2.05) is 19.1 Å². The summed E-state index contributed by atoms with van der Waals surface area (Å²) in [5, 5.41) is 6.44. The molecule has 24 heavy (non-hydrogen) atoms. The number of furan rings is 1. The van der Waals surface area contributed by atoms with Crippen LogP contribution in [0.15, 0.2) is 53.4 Å². The van der Waals surface area contributed by atoms with E-state index in [-0.39, 0.29) is 11.6 Å². The van der Waals surface area contributed by atoms with E-state index in [1.54, 1.807) is 24.5 Å². The molecule has 0 aliphatic rings. The number of carbonyl (C=O) groups is 1. The minimum Gasteiger partial charge on any atom is -0.467 e. The van der Waals surface area contributed by atoms with Crippen molar-refractivity contribution in [2.24, 2.45) is 0 Å². The van der Waals surface area contributed by atoms with Gasteiger partial charge in [0.05, 0.1) is 25.2 Å². The van der Waals surface area contributed by atoms with Crippen LogP contribution in [0.4, 0.5) is 11.5 Å². The van der Waals surface area contributed by atoms with Gasteiger partial charge in [-0.05, 0) is 36.8 Å². The predicted octanol–water partition coefficient (Wildman–Crippen LogP) is 3.90. The second-order valence-electron chi connectivity index (χ2n) is 5.09. The van der Waals surface area contributed by atoms with Crippen molar-refractivity contribution in [2.45, 2.75) is 13.5 Å². The van der Waals surface area contributed by atoms with Gasteiger partial charge >= 0.3 is 0 Å². The molecule has 0 saturated heterocycles. The van der Waals surface area contributed by atoms with Crippen LogP contribution < -0.4 is 10.6 Å². The molecule has 1 amide bonds. The monoisotopic (exact) mass is 342 g/mol. The minimum atomic E-state index is -0.342. The Balaban J connectivity index is 1.64. The van der Waals surface area contributed by atoms with Crippen molar-refractivity contribution < 1.29 is 9.21 Å². The molecule has 7 heteroatoms. The summed E-state index contributed by atoms with van der Waals surface area (Å²) in [5.41, 5.74) is 1.67. The molecule has 6 nitrogen and oxygen atoms in total. The van der Waals surface area contributed by atoms with Crippen molar-refractivity contribution in [2.75, 3.05) is 10.6 Å². The standard InChI is InChI=1S/C17H15ClN4O2/c1-11-13(18)5-2-6-14(11)22-17(23)15-9-21-16(10-19-15)20-8-12-4-3-7-24-12/h2-7,9-10H,8H2,1H3,(H,20,21)(H,22,23). The zero-order valence-corrected chi connectivity index (χ0v) is 13.7. The maximum atomic E-state index is 12.2. The highest BCUT2D eigenvalue weighted by atomic mass is 35.5. The van der Waals surface area contributed by atoms with Gasteiger partial charge in [0.2, 0.25) is 0 Å². The lowest BCUT2D eigenvalue weighted by molar-refractivity contribution is 0.102. The number of halogens is 1. The summed E-state index contributed by atoms with van der Waals surface area (Å²) in [6.45, 7) is 2.33. The summed E-state index contributed by atoms with van der Waals surface area (Å²) in [5.74, 6) is 1.00. The van der Waals surface area contributed by atoms with Gasteiger partial charge in [-0.3, -0.25) is 4.79 Å². The second kappa shape index (κ2) is 7.14. The fourth-order valence-corrected chi connectivity index (χ4v) is 2.23. The van der Waals surface area contributed by atoms with Gasteiger partial charge in [0.25, 0.3) is 5.91 Å². The number of hydrogen-bond donors (Lipinski definition) is 2. The third-order valence-corrected chi connectivity index (χ3v) is 3.83. The quantitative estimate of drug-likeness (QED) is 0.735. The zero-order chi connectivity index (χ0) is 16.9. The van der Waals surface area contributed by atoms with Crippen molar-refractivity contribution in [3.05, 3.63) is 71.0 Å². The van der Waals surface area contributed by atoms with Crippen molar-refractivity contribution in [3.8, 4) is 0 Å². The molecule has 0 spiro atoms. The van der Waals surface area contributed by atoms with Gasteiger partial charge in [-0.25, -0.2) is 9.97 Å². The molecule has 0 radical (unpaired) electrons. The molecule has 122 valence electrons. The average Bonchev–Trinajstić information content (AvgIpc) is 3.11. The largest absolute Gasteiger partial charge is 0.467 e. The van der Waals surface area contributed by atoms with E-state index in [4.69, 9.17) is 16.0 Å². The number of anilines is 2. The molecule has 0 unspecified atom stereocenters. The number of hydrogen-bond acceptors (Lipinski definition) is 5. The van der Waals surface area contributed by atoms with Gasteiger partial charge < -0.3 is 15.1 Å². The van der Waals surface area contributed by atoms with E-state index in [0.29, 0.717) is 23.1 Å². The maximum absolute atomic E-state index is 12.2. The Labute approximate surface area is 143 Å². The highest BCUT2D eigenvalue weighted by Crippen LogP contribution is 2.23. The van der Waals surface area contributed by atoms with E-state index in [9.17, 15) is 4.79 Å². The number of rotatable bonds is 5. The molecule has 0 bridgehead atoms. The van der Waals surface area contributed by atoms with Gasteiger partial charge in [0.15, 0.2) is 0 Å². The first-order chi connectivity index (χ1) is 11.6. The average molecular weight is 343 g/mol. The first-order valence-electron chi connectivity index (χ1n) is 7.28. The highest BCUT2D eigenvalue weighted by molar-refractivity contribution is 6.31. The molecule has 3 aromatic rings. The number of amides is 1. The van der Waals surface area contributed by atoms with Crippen molar-refractivity contribution in [1.29, 1.82) is 0 Å². The number of nitrogens with zero attached hydrogens (tertiary/aromatic N) is 2. The lowest BCUT2D eigenvalue weighted by Gasteiger charge is -2.09. The number of carbonyl (C=O) groups excluding carboxylic acids is 1. The first-order valence-corrected chi connectivity index (χ1v) is 7.66. The van der Waals surface area contributed by atoms with Crippen LogP contribution >= 0.6 is 11.6 Å². The van der Waals surface area contributed by atoms with E-state index >= 15 is 0 Å². The Bertz CT molecular complexity index is 832. The zero-order valence-electron chi connectivity index (χ0n) is 12.9. The van der Waals surface area contributed by atoms with Crippen molar-refractivity contribution >= 4 is 29.0 Å². The molecular formula is C17H15ClN4O2. The molecule has 0 aliphatic heterocycles. The lowest BCUT2D eigenvalue weighted by Crippen LogP contribution is -2.15. The highest BCUT2D eigenvalue weighted by Gasteiger charge is 2.11. The molecule has 0 fully saturated rings. The van der Waals surface area contributed by atoms with Crippen LogP contribution in [0, 0.1) is 6.92 Å². The molecule has 0 atom stereocenters. The molecule has 2 N–H and O–H groups in total. The Morgan fingerprint density at radius 3 is 2.79 bits per heavy atom. The Morgan fingerprint density at radius 2 is 2.08 bits per heavy atom. The molecule has 1 aromatic carbocycles. The van der Waals surface area contributed by atoms with E-state index < -0.39 is 0 Å². The summed E-state index contributed by atoms with van der Waals surface area (Å²) in [7, 11) is 0. The maximum Gasteiger partial charge on any atom is 0.275 e. The van der Waals surface area contributed by atoms with E-state index in [1.165, 1.54) is 12.4 Å². The van der Waals surface area contributed by atoms with Crippen molar-refractivity contribution in [3.63, 3.8) is 0 Å². The molecular weight excluding hydrogens is 328 g/mol. The number of aromatic nitrogens is 2.